The molecule has 2 N–H and O–H groups in total. The molecular weight excluding hydrogens is 914 g/mol. The summed E-state index contributed by atoms with van der Waals surface area (Å²) in [6.45, 7) is 5.66. The maximum absolute atomic E-state index is 13.4. The number of rotatable bonds is 13. The van der Waals surface area contributed by atoms with E-state index in [0.717, 1.165) is 90.4 Å². The minimum absolute atomic E-state index is 0.0817. The monoisotopic (exact) mass is 970 g/mol. The number of ether oxygens (including phenoxy) is 2. The molecule has 2 aromatic heterocycles. The Labute approximate surface area is 410 Å². The number of hydrogen-bond acceptors (Lipinski definition) is 9. The number of carbonyl (C=O) groups excluding carboxylic acids is 2. The number of piperidine rings is 2. The molecule has 364 valence electrons. The number of aromatic hydroxyl groups is 1. The molecular formula is C55H57F3N6O5S. The van der Waals surface area contributed by atoms with Crippen LogP contribution in [0.1, 0.15) is 77.5 Å². The van der Waals surface area contributed by atoms with Crippen LogP contribution in [0.25, 0.3) is 16.4 Å². The summed E-state index contributed by atoms with van der Waals surface area (Å²) in [7, 11) is 0. The van der Waals surface area contributed by atoms with E-state index in [0.29, 0.717) is 55.7 Å². The molecule has 0 radical (unpaired) electrons. The molecule has 15 heteroatoms. The van der Waals surface area contributed by atoms with Gasteiger partial charge in [0.2, 0.25) is 12.3 Å². The molecule has 7 aromatic rings. The molecule has 0 spiro atoms. The Balaban J connectivity index is 0.000000445. The molecule has 11 nitrogen and oxygen atoms in total. The highest BCUT2D eigenvalue weighted by molar-refractivity contribution is 7.99. The van der Waals surface area contributed by atoms with E-state index in [9.17, 15) is 27.9 Å². The van der Waals surface area contributed by atoms with Crippen molar-refractivity contribution in [2.45, 2.75) is 81.5 Å². The Morgan fingerprint density at radius 3 is 2.31 bits per heavy atom. The first-order valence-electron chi connectivity index (χ1n) is 24.0. The van der Waals surface area contributed by atoms with Crippen LogP contribution in [0.15, 0.2) is 133 Å². The average Bonchev–Trinajstić information content (AvgIpc) is 3.81. The number of aromatic nitrogens is 3. The number of nitrogens with one attached hydrogen (secondary N) is 1. The van der Waals surface area contributed by atoms with Crippen molar-refractivity contribution in [2.75, 3.05) is 38.5 Å². The highest BCUT2D eigenvalue weighted by Gasteiger charge is 2.34. The predicted octanol–water partition coefficient (Wildman–Crippen LogP) is 10.5. The van der Waals surface area contributed by atoms with Crippen molar-refractivity contribution in [3.8, 4) is 17.2 Å². The number of nitrogens with zero attached hydrogens (tertiary/aromatic N) is 5. The molecule has 2 fully saturated rings. The number of benzene rings is 5. The number of carbonyl (C=O) groups is 2. The molecule has 0 saturated carbocycles. The van der Waals surface area contributed by atoms with Crippen molar-refractivity contribution in [2.24, 2.45) is 5.92 Å². The summed E-state index contributed by atoms with van der Waals surface area (Å²) in [6, 6.07) is 41.4. The molecule has 5 aromatic carbocycles. The van der Waals surface area contributed by atoms with E-state index in [1.807, 2.05) is 45.8 Å². The smallest absolute Gasteiger partial charge is 0.508 e. The summed E-state index contributed by atoms with van der Waals surface area (Å²) in [6.07, 6.45) is 1.89. The van der Waals surface area contributed by atoms with E-state index < -0.39 is 6.36 Å². The van der Waals surface area contributed by atoms with Crippen LogP contribution in [-0.2, 0) is 22.6 Å². The van der Waals surface area contributed by atoms with Gasteiger partial charge in [0, 0.05) is 43.0 Å². The summed E-state index contributed by atoms with van der Waals surface area (Å²) in [5, 5.41) is 19.6. The Morgan fingerprint density at radius 2 is 1.57 bits per heavy atom. The van der Waals surface area contributed by atoms with Gasteiger partial charge in [0.1, 0.15) is 23.4 Å². The third-order valence-electron chi connectivity index (χ3n) is 13.7. The predicted molar refractivity (Wildman–Crippen MR) is 265 cm³/mol. The Kier molecular flexibility index (Phi) is 15.2. The topological polar surface area (TPSA) is 122 Å². The van der Waals surface area contributed by atoms with Crippen LogP contribution in [0.4, 0.5) is 13.2 Å². The van der Waals surface area contributed by atoms with Gasteiger partial charge in [0.05, 0.1) is 29.8 Å². The fourth-order valence-corrected chi connectivity index (χ4v) is 11.2. The molecule has 2 unspecified atom stereocenters. The number of likely N-dealkylation sites (tertiary alicyclic amines) is 2. The fraction of sp³-hybridized carbons (Fsp3) is 0.345. The van der Waals surface area contributed by atoms with Crippen LogP contribution in [0.5, 0.6) is 17.2 Å². The molecule has 4 heterocycles. The number of fused-ring (bicyclic) bond motifs is 4. The normalized spacial score (nSPS) is 17.9. The number of aryl methyl sites for hydroxylation is 2. The Morgan fingerprint density at radius 1 is 0.843 bits per heavy atom. The fourth-order valence-electron chi connectivity index (χ4n) is 10.1. The number of thioether (sulfide) groups is 1. The van der Waals surface area contributed by atoms with Gasteiger partial charge in [-0.05, 0) is 128 Å². The Hall–Kier alpha value is -6.58. The van der Waals surface area contributed by atoms with Crippen molar-refractivity contribution in [1.29, 1.82) is 0 Å². The maximum Gasteiger partial charge on any atom is 0.573 e. The average molecular weight is 971 g/mol. The highest BCUT2D eigenvalue weighted by Crippen LogP contribution is 2.47. The molecule has 2 amide bonds. The van der Waals surface area contributed by atoms with Crippen LogP contribution in [0.2, 0.25) is 0 Å². The van der Waals surface area contributed by atoms with E-state index in [2.05, 4.69) is 81.7 Å². The van der Waals surface area contributed by atoms with Crippen LogP contribution in [-0.4, -0.2) is 92.8 Å². The second-order valence-electron chi connectivity index (χ2n) is 18.4. The van der Waals surface area contributed by atoms with Crippen molar-refractivity contribution < 1.29 is 37.3 Å². The number of amides is 2. The van der Waals surface area contributed by atoms with Crippen LogP contribution in [0, 0.1) is 12.8 Å². The van der Waals surface area contributed by atoms with Crippen LogP contribution < -0.4 is 14.8 Å². The van der Waals surface area contributed by atoms with Crippen LogP contribution in [0.3, 0.4) is 0 Å². The zero-order valence-electron chi connectivity index (χ0n) is 39.1. The maximum atomic E-state index is 13.4. The van der Waals surface area contributed by atoms with E-state index in [4.69, 9.17) is 14.8 Å². The van der Waals surface area contributed by atoms with Gasteiger partial charge in [-0.15, -0.1) is 13.2 Å². The first-order valence-corrected chi connectivity index (χ1v) is 25.0. The summed E-state index contributed by atoms with van der Waals surface area (Å²) in [5.41, 5.74) is 8.33. The molecule has 70 heavy (non-hydrogen) atoms. The first kappa shape index (κ1) is 48.4. The standard InChI is InChI=1S/C47H50N6O4S.C8H7F3O/c54-31-48-28-36-27-44-42-8-4-5-9-43(42)49-47(53(44)50-36)58-30-32-18-22-51(23-19-32)29-45(56)52-24-20-39(21-25-52)57-38-14-10-34(11-15-38)46-40(33-6-2-1-3-7-33)16-12-35-26-37(55)13-17-41(35)46;1-6-4-2-3-5-7(6)12-8(9,10)11/h1-11,13-15,17,26-27,31-32,39-40,46,55H,12,16,18-25,28-30H2,(H,48,54);2-5H,1H3. The van der Waals surface area contributed by atoms with Crippen molar-refractivity contribution in [3.63, 3.8) is 0 Å². The largest absolute Gasteiger partial charge is 0.573 e. The first-order chi connectivity index (χ1) is 34.0. The van der Waals surface area contributed by atoms with Crippen molar-refractivity contribution in [1.82, 2.24) is 29.7 Å². The molecule has 0 bridgehead atoms. The number of phenols is 1. The lowest BCUT2D eigenvalue weighted by Gasteiger charge is -2.36. The number of hydrogen-bond donors (Lipinski definition) is 2. The molecule has 1 aliphatic carbocycles. The number of alkyl halides is 3. The lowest BCUT2D eigenvalue weighted by molar-refractivity contribution is -0.274. The molecule has 2 atom stereocenters. The molecule has 10 rings (SSSR count). The number of halogens is 3. The lowest BCUT2D eigenvalue weighted by atomic mass is 9.69. The van der Waals surface area contributed by atoms with Gasteiger partial charge in [0.25, 0.3) is 0 Å². The second-order valence-corrected chi connectivity index (χ2v) is 19.4. The van der Waals surface area contributed by atoms with Gasteiger partial charge < -0.3 is 24.8 Å². The van der Waals surface area contributed by atoms with Gasteiger partial charge in [-0.2, -0.15) is 5.10 Å². The van der Waals surface area contributed by atoms with Gasteiger partial charge in [-0.3, -0.25) is 14.5 Å². The van der Waals surface area contributed by atoms with Gasteiger partial charge in [0.15, 0.2) is 5.16 Å². The molecule has 3 aliphatic rings. The number of phenolic OH excluding ortho intramolecular Hbond substituents is 1. The molecule has 2 aliphatic heterocycles. The second kappa shape index (κ2) is 22.0. The van der Waals surface area contributed by atoms with Crippen molar-refractivity contribution in [3.05, 3.63) is 161 Å². The van der Waals surface area contributed by atoms with Gasteiger partial charge >= 0.3 is 6.36 Å². The SMILES string of the molecule is Cc1ccccc1OC(F)(F)F.O=CNCc1cc2c3ccccc3nc(SCC3CCN(CC(=O)N4CCC(Oc5ccc(C6c7ccc(O)cc7CCC6c6ccccc6)cc5)CC4)CC3)n2n1. The van der Waals surface area contributed by atoms with E-state index >= 15 is 0 Å². The van der Waals surface area contributed by atoms with E-state index in [1.54, 1.807) is 30.8 Å². The van der Waals surface area contributed by atoms with Gasteiger partial charge in [-0.25, -0.2) is 9.50 Å². The van der Waals surface area contributed by atoms with Crippen molar-refractivity contribution >= 4 is 40.5 Å². The minimum atomic E-state index is -4.61. The van der Waals surface area contributed by atoms with E-state index in [1.165, 1.54) is 34.4 Å². The third kappa shape index (κ3) is 11.9. The minimum Gasteiger partial charge on any atom is -0.508 e. The summed E-state index contributed by atoms with van der Waals surface area (Å²) in [5.74, 6) is 3.30. The summed E-state index contributed by atoms with van der Waals surface area (Å²) < 4.78 is 47.2. The quantitative estimate of drug-likeness (QED) is 0.0661. The lowest BCUT2D eigenvalue weighted by Crippen LogP contribution is -2.47. The zero-order chi connectivity index (χ0) is 48.6. The Bertz CT molecular complexity index is 2880. The third-order valence-corrected chi connectivity index (χ3v) is 14.9. The van der Waals surface area contributed by atoms with Crippen LogP contribution >= 0.6 is 11.8 Å². The zero-order valence-corrected chi connectivity index (χ0v) is 39.9. The summed E-state index contributed by atoms with van der Waals surface area (Å²) in [4.78, 5) is 33.6. The highest BCUT2D eigenvalue weighted by atomic mass is 32.2. The number of para-hydroxylation sites is 2. The van der Waals surface area contributed by atoms with E-state index in [-0.39, 0.29) is 23.7 Å². The van der Waals surface area contributed by atoms with Gasteiger partial charge in [-0.1, -0.05) is 96.7 Å². The summed E-state index contributed by atoms with van der Waals surface area (Å²) >= 11 is 1.74. The molecule has 2 saturated heterocycles.